The van der Waals surface area contributed by atoms with Crippen molar-refractivity contribution in [3.05, 3.63) is 60.8 Å². The Morgan fingerprint density at radius 2 is 0.738 bits per heavy atom. The number of likely N-dealkylation sites (N-methyl/N-ethyl adjacent to an activating group) is 1. The first-order chi connectivity index (χ1) is 39.0. The van der Waals surface area contributed by atoms with Gasteiger partial charge in [-0.3, -0.25) is 9.36 Å². The Bertz CT molecular complexity index is 1490. The highest BCUT2D eigenvalue weighted by atomic mass is 31.2. The van der Waals surface area contributed by atoms with Crippen LogP contribution in [0.3, 0.4) is 0 Å². The third kappa shape index (κ3) is 63.8. The van der Waals surface area contributed by atoms with Gasteiger partial charge in [0.2, 0.25) is 5.91 Å². The normalized spacial score (nSPS) is 14.0. The largest absolute Gasteiger partial charge is 0.756 e. The summed E-state index contributed by atoms with van der Waals surface area (Å²) in [6.45, 7) is 4.65. The number of phosphoric acid groups is 1. The average Bonchev–Trinajstić information content (AvgIpc) is 3.42. The van der Waals surface area contributed by atoms with E-state index in [1.807, 2.05) is 27.2 Å². The molecule has 0 aliphatic rings. The second kappa shape index (κ2) is 61.8. The zero-order valence-electron chi connectivity index (χ0n) is 53.8. The minimum absolute atomic E-state index is 0.00964. The van der Waals surface area contributed by atoms with Crippen LogP contribution in [0.5, 0.6) is 0 Å². The summed E-state index contributed by atoms with van der Waals surface area (Å²) in [6.07, 6.45) is 84.9. The van der Waals surface area contributed by atoms with Crippen molar-refractivity contribution in [1.29, 1.82) is 0 Å². The molecule has 3 unspecified atom stereocenters. The number of aliphatic hydroxyl groups excluding tert-OH is 1. The smallest absolute Gasteiger partial charge is 0.268 e. The molecule has 0 saturated carbocycles. The first-order valence-electron chi connectivity index (χ1n) is 34.7. The van der Waals surface area contributed by atoms with Gasteiger partial charge in [-0.15, -0.1) is 0 Å². The number of unbranched alkanes of at least 4 members (excludes halogenated alkanes) is 43. The van der Waals surface area contributed by atoms with Crippen LogP contribution < -0.4 is 10.2 Å². The van der Waals surface area contributed by atoms with Gasteiger partial charge in [-0.05, 0) is 77.0 Å². The van der Waals surface area contributed by atoms with E-state index in [2.05, 4.69) is 67.8 Å². The second-order valence-corrected chi connectivity index (χ2v) is 26.3. The number of rotatable bonds is 64. The zero-order chi connectivity index (χ0) is 58.4. The minimum Gasteiger partial charge on any atom is -0.756 e. The molecule has 0 rings (SSSR count). The maximum atomic E-state index is 13.0. The lowest BCUT2D eigenvalue weighted by Gasteiger charge is -2.29. The Hall–Kier alpha value is -1.80. The number of quaternary nitrogens is 1. The Balaban J connectivity index is 4.14. The molecular formula is C71H135N2O6P. The maximum Gasteiger partial charge on any atom is 0.268 e. The van der Waals surface area contributed by atoms with Gasteiger partial charge < -0.3 is 28.8 Å². The van der Waals surface area contributed by atoms with Crippen molar-refractivity contribution in [3.63, 3.8) is 0 Å². The Morgan fingerprint density at radius 1 is 0.438 bits per heavy atom. The van der Waals surface area contributed by atoms with E-state index in [0.29, 0.717) is 17.4 Å². The molecule has 3 atom stereocenters. The van der Waals surface area contributed by atoms with Gasteiger partial charge >= 0.3 is 0 Å². The molecule has 0 fully saturated rings. The van der Waals surface area contributed by atoms with Crippen LogP contribution in [0.25, 0.3) is 0 Å². The van der Waals surface area contributed by atoms with Crippen molar-refractivity contribution in [2.24, 2.45) is 0 Å². The van der Waals surface area contributed by atoms with E-state index in [9.17, 15) is 19.4 Å². The maximum absolute atomic E-state index is 13.0. The number of amides is 1. The van der Waals surface area contributed by atoms with Gasteiger partial charge in [0.1, 0.15) is 13.2 Å². The van der Waals surface area contributed by atoms with E-state index in [-0.39, 0.29) is 12.5 Å². The van der Waals surface area contributed by atoms with E-state index in [1.54, 1.807) is 6.08 Å². The van der Waals surface area contributed by atoms with Crippen molar-refractivity contribution < 1.29 is 32.9 Å². The number of aliphatic hydroxyl groups is 1. The van der Waals surface area contributed by atoms with E-state index < -0.39 is 26.6 Å². The summed E-state index contributed by atoms with van der Waals surface area (Å²) < 4.78 is 23.4. The molecule has 0 aliphatic carbocycles. The van der Waals surface area contributed by atoms with Crippen molar-refractivity contribution >= 4 is 13.7 Å². The fourth-order valence-corrected chi connectivity index (χ4v) is 11.0. The molecule has 0 aromatic rings. The van der Waals surface area contributed by atoms with Gasteiger partial charge in [0.25, 0.3) is 7.82 Å². The third-order valence-corrected chi connectivity index (χ3v) is 16.6. The van der Waals surface area contributed by atoms with Gasteiger partial charge in [-0.25, -0.2) is 0 Å². The Morgan fingerprint density at radius 3 is 1.09 bits per heavy atom. The molecule has 0 aromatic carbocycles. The number of nitrogens with zero attached hydrogens (tertiary/aromatic N) is 1. The first-order valence-corrected chi connectivity index (χ1v) is 36.1. The van der Waals surface area contributed by atoms with E-state index in [4.69, 9.17) is 9.05 Å². The van der Waals surface area contributed by atoms with Crippen LogP contribution in [-0.4, -0.2) is 68.5 Å². The van der Waals surface area contributed by atoms with Gasteiger partial charge in [0.05, 0.1) is 39.9 Å². The summed E-state index contributed by atoms with van der Waals surface area (Å²) in [5, 5.41) is 13.9. The standard InChI is InChI=1S/C71H135N2O6P/c1-6-8-10-12-14-16-18-20-22-24-26-28-30-32-34-35-36-37-39-40-42-44-46-48-50-52-54-56-58-60-62-64-70(74)69(68-79-80(76,77)78-67-66-73(3,4)5)72-71(75)65-63-61-59-57-55-53-51-49-47-45-43-41-38-33-31-29-27-25-23-21-19-17-15-13-11-9-7-2/h19,21,25,27,46,48,54,56,62,64,69-70,74H,6-18,20,22-24,26,28-45,47,49-53,55,57-61,63,65-68H2,1-5H3,(H-,72,75,76,77)/b21-19-,27-25-,48-46+,56-54+,64-62+. The van der Waals surface area contributed by atoms with Crippen molar-refractivity contribution in [1.82, 2.24) is 5.32 Å². The summed E-state index contributed by atoms with van der Waals surface area (Å²) in [6, 6.07) is -0.913. The van der Waals surface area contributed by atoms with Crippen molar-refractivity contribution in [2.45, 2.75) is 347 Å². The highest BCUT2D eigenvalue weighted by Crippen LogP contribution is 2.38. The number of allylic oxidation sites excluding steroid dienone is 9. The highest BCUT2D eigenvalue weighted by molar-refractivity contribution is 7.45. The van der Waals surface area contributed by atoms with E-state index >= 15 is 0 Å². The molecule has 1 amide bonds. The van der Waals surface area contributed by atoms with E-state index in [1.165, 1.54) is 263 Å². The molecule has 0 radical (unpaired) electrons. The van der Waals surface area contributed by atoms with Gasteiger partial charge in [0.15, 0.2) is 0 Å². The number of phosphoric ester groups is 1. The molecule has 0 heterocycles. The fraction of sp³-hybridized carbons (Fsp3) is 0.845. The van der Waals surface area contributed by atoms with Crippen LogP contribution in [0, 0.1) is 0 Å². The summed E-state index contributed by atoms with van der Waals surface area (Å²) in [7, 11) is 1.24. The Kier molecular flexibility index (Phi) is 60.4. The quantitative estimate of drug-likeness (QED) is 0.0272. The molecule has 0 saturated heterocycles. The van der Waals surface area contributed by atoms with Gasteiger partial charge in [0, 0.05) is 6.42 Å². The van der Waals surface area contributed by atoms with Crippen molar-refractivity contribution in [3.8, 4) is 0 Å². The summed E-state index contributed by atoms with van der Waals surface area (Å²) >= 11 is 0. The molecule has 470 valence electrons. The number of nitrogens with one attached hydrogen (secondary N) is 1. The van der Waals surface area contributed by atoms with Crippen LogP contribution in [-0.2, 0) is 18.4 Å². The lowest BCUT2D eigenvalue weighted by atomic mass is 10.0. The first kappa shape index (κ1) is 78.2. The van der Waals surface area contributed by atoms with Crippen LogP contribution >= 0.6 is 7.82 Å². The molecule has 80 heavy (non-hydrogen) atoms. The summed E-state index contributed by atoms with van der Waals surface area (Å²) in [5.41, 5.74) is 0. The average molecular weight is 1140 g/mol. The topological polar surface area (TPSA) is 108 Å². The number of carbonyl (C=O) groups is 1. The van der Waals surface area contributed by atoms with Crippen LogP contribution in [0.15, 0.2) is 60.8 Å². The minimum atomic E-state index is -4.62. The van der Waals surface area contributed by atoms with Crippen LogP contribution in [0.4, 0.5) is 0 Å². The van der Waals surface area contributed by atoms with Crippen LogP contribution in [0.2, 0.25) is 0 Å². The number of carbonyl (C=O) groups excluding carboxylic acids is 1. The SMILES string of the molecule is CCCCCCC/C=C\C/C=C\CCCCCCCCCCCCCCCCCC(=O)NC(COP(=O)([O-])OCC[N+](C)(C)C)C(O)/C=C/CC/C=C/CC/C=C/CCCCCCCCCCCCCCCCCCCCCCC. The monoisotopic (exact) mass is 1140 g/mol. The Labute approximate surface area is 498 Å². The van der Waals surface area contributed by atoms with Gasteiger partial charge in [-0.1, -0.05) is 312 Å². The number of hydrogen-bond acceptors (Lipinski definition) is 6. The zero-order valence-corrected chi connectivity index (χ0v) is 54.7. The lowest BCUT2D eigenvalue weighted by molar-refractivity contribution is -0.870. The fourth-order valence-electron chi connectivity index (χ4n) is 10.3. The molecule has 0 bridgehead atoms. The molecule has 0 spiro atoms. The van der Waals surface area contributed by atoms with Crippen LogP contribution in [0.1, 0.15) is 335 Å². The number of hydrogen-bond donors (Lipinski definition) is 2. The molecular weight excluding hydrogens is 1010 g/mol. The molecule has 2 N–H and O–H groups in total. The molecule has 0 aliphatic heterocycles. The molecule has 0 aromatic heterocycles. The van der Waals surface area contributed by atoms with Crippen molar-refractivity contribution in [2.75, 3.05) is 40.9 Å². The summed E-state index contributed by atoms with van der Waals surface area (Å²) in [4.78, 5) is 25.6. The van der Waals surface area contributed by atoms with Gasteiger partial charge in [-0.2, -0.15) is 0 Å². The molecule has 8 nitrogen and oxygen atoms in total. The highest BCUT2D eigenvalue weighted by Gasteiger charge is 2.23. The summed E-state index contributed by atoms with van der Waals surface area (Å²) in [5.74, 6) is -0.208. The second-order valence-electron chi connectivity index (χ2n) is 24.9. The lowest BCUT2D eigenvalue weighted by Crippen LogP contribution is -2.45. The van der Waals surface area contributed by atoms with E-state index in [0.717, 1.165) is 51.4 Å². The molecule has 9 heteroatoms. The predicted molar refractivity (Wildman–Crippen MR) is 348 cm³/mol. The predicted octanol–water partition coefficient (Wildman–Crippen LogP) is 21.4. The third-order valence-electron chi connectivity index (χ3n) is 15.7.